The van der Waals surface area contributed by atoms with Crippen molar-refractivity contribution in [3.63, 3.8) is 0 Å². The monoisotopic (exact) mass is 349 g/mol. The second-order valence-corrected chi connectivity index (χ2v) is 5.29. The van der Waals surface area contributed by atoms with Crippen LogP contribution in [0.25, 0.3) is 0 Å². The van der Waals surface area contributed by atoms with Crippen LogP contribution in [0.4, 0.5) is 10.1 Å². The number of rotatable bonds is 5. The Labute approximate surface area is 142 Å². The fraction of sp³-hybridized carbons (Fsp3) is 0.118. The van der Waals surface area contributed by atoms with E-state index < -0.39 is 24.3 Å². The Morgan fingerprint density at radius 1 is 1.12 bits per heavy atom. The lowest BCUT2D eigenvalue weighted by molar-refractivity contribution is -0.119. The normalized spacial score (nSPS) is 10.1. The summed E-state index contributed by atoms with van der Waals surface area (Å²) in [4.78, 5) is 35.0. The summed E-state index contributed by atoms with van der Waals surface area (Å²) >= 11 is 5.82. The van der Waals surface area contributed by atoms with E-state index in [0.29, 0.717) is 5.56 Å². The summed E-state index contributed by atoms with van der Waals surface area (Å²) in [6.45, 7) is 0.802. The van der Waals surface area contributed by atoms with Gasteiger partial charge in [-0.15, -0.1) is 0 Å². The molecule has 0 spiro atoms. The molecule has 2 rings (SSSR count). The van der Waals surface area contributed by atoms with E-state index in [0.717, 1.165) is 12.1 Å². The molecular formula is C17H13ClFNO4. The average molecular weight is 350 g/mol. The molecule has 0 aliphatic heterocycles. The first kappa shape index (κ1) is 17.6. The molecule has 0 unspecified atom stereocenters. The van der Waals surface area contributed by atoms with Crippen LogP contribution in [0.1, 0.15) is 27.6 Å². The van der Waals surface area contributed by atoms with Gasteiger partial charge in [0.2, 0.25) is 0 Å². The third-order valence-corrected chi connectivity index (χ3v) is 3.37. The number of halogens is 2. The maximum atomic E-state index is 13.1. The Balaban J connectivity index is 1.96. The highest BCUT2D eigenvalue weighted by Crippen LogP contribution is 2.22. The minimum absolute atomic E-state index is 0.0799. The highest BCUT2D eigenvalue weighted by molar-refractivity contribution is 6.33. The van der Waals surface area contributed by atoms with Crippen molar-refractivity contribution in [3.8, 4) is 0 Å². The zero-order chi connectivity index (χ0) is 17.7. The van der Waals surface area contributed by atoms with Crippen LogP contribution < -0.4 is 5.32 Å². The summed E-state index contributed by atoms with van der Waals surface area (Å²) in [5.74, 6) is -2.17. The summed E-state index contributed by atoms with van der Waals surface area (Å²) in [7, 11) is 0. The van der Waals surface area contributed by atoms with Crippen molar-refractivity contribution < 1.29 is 23.5 Å². The summed E-state index contributed by atoms with van der Waals surface area (Å²) in [5.41, 5.74) is 0.594. The smallest absolute Gasteiger partial charge is 0.338 e. The largest absolute Gasteiger partial charge is 0.452 e. The molecule has 0 saturated heterocycles. The lowest BCUT2D eigenvalue weighted by Gasteiger charge is -2.08. The number of ether oxygens (including phenoxy) is 1. The molecule has 0 aliphatic rings. The summed E-state index contributed by atoms with van der Waals surface area (Å²) in [6.07, 6.45) is 0. The first-order valence-corrected chi connectivity index (χ1v) is 7.27. The predicted molar refractivity (Wildman–Crippen MR) is 86.8 cm³/mol. The summed E-state index contributed by atoms with van der Waals surface area (Å²) in [5, 5.41) is 2.50. The molecule has 0 aromatic heterocycles. The third-order valence-electron chi connectivity index (χ3n) is 3.04. The number of benzene rings is 2. The molecule has 2 aromatic rings. The molecule has 1 N–H and O–H groups in total. The standard InChI is InChI=1S/C17H13ClFNO4/c1-10(21)11-3-2-4-12(7-11)17(23)24-9-16(22)20-15-8-13(19)5-6-14(15)18/h2-8H,9H2,1H3,(H,20,22). The topological polar surface area (TPSA) is 72.5 Å². The van der Waals surface area contributed by atoms with Crippen molar-refractivity contribution in [2.75, 3.05) is 11.9 Å². The van der Waals surface area contributed by atoms with Crippen LogP contribution in [-0.4, -0.2) is 24.3 Å². The number of esters is 1. The number of Topliss-reactive ketones (excluding diaryl/α,β-unsaturated/α-hetero) is 1. The Kier molecular flexibility index (Phi) is 5.65. The number of hydrogen-bond acceptors (Lipinski definition) is 4. The van der Waals surface area contributed by atoms with Gasteiger partial charge in [0.25, 0.3) is 5.91 Å². The first-order valence-electron chi connectivity index (χ1n) is 6.90. The van der Waals surface area contributed by atoms with E-state index in [1.165, 1.54) is 25.1 Å². The van der Waals surface area contributed by atoms with Crippen LogP contribution >= 0.6 is 11.6 Å². The molecule has 124 valence electrons. The fourth-order valence-electron chi connectivity index (χ4n) is 1.86. The molecule has 0 heterocycles. The van der Waals surface area contributed by atoms with Gasteiger partial charge >= 0.3 is 5.97 Å². The second kappa shape index (κ2) is 7.70. The van der Waals surface area contributed by atoms with E-state index in [2.05, 4.69) is 5.32 Å². The zero-order valence-corrected chi connectivity index (χ0v) is 13.4. The van der Waals surface area contributed by atoms with Crippen LogP contribution in [0.15, 0.2) is 42.5 Å². The van der Waals surface area contributed by atoms with Crippen LogP contribution in [0.2, 0.25) is 5.02 Å². The highest BCUT2D eigenvalue weighted by Gasteiger charge is 2.13. The first-order chi connectivity index (χ1) is 11.4. The van der Waals surface area contributed by atoms with Crippen LogP contribution in [0, 0.1) is 5.82 Å². The van der Waals surface area contributed by atoms with Crippen LogP contribution in [0.5, 0.6) is 0 Å². The average Bonchev–Trinajstić information content (AvgIpc) is 2.56. The van der Waals surface area contributed by atoms with E-state index >= 15 is 0 Å². The molecule has 5 nitrogen and oxygen atoms in total. The summed E-state index contributed by atoms with van der Waals surface area (Å²) < 4.78 is 18.0. The molecule has 0 saturated carbocycles. The van der Waals surface area contributed by atoms with E-state index in [-0.39, 0.29) is 22.1 Å². The number of hydrogen-bond donors (Lipinski definition) is 1. The number of anilines is 1. The maximum absolute atomic E-state index is 13.1. The lowest BCUT2D eigenvalue weighted by atomic mass is 10.1. The molecule has 0 atom stereocenters. The highest BCUT2D eigenvalue weighted by atomic mass is 35.5. The Morgan fingerprint density at radius 3 is 2.54 bits per heavy atom. The second-order valence-electron chi connectivity index (χ2n) is 4.89. The molecule has 0 fully saturated rings. The van der Waals surface area contributed by atoms with Crippen molar-refractivity contribution in [2.24, 2.45) is 0 Å². The number of carbonyl (C=O) groups is 3. The zero-order valence-electron chi connectivity index (χ0n) is 12.6. The van der Waals surface area contributed by atoms with Gasteiger partial charge in [-0.05, 0) is 37.3 Å². The minimum atomic E-state index is -0.751. The van der Waals surface area contributed by atoms with Gasteiger partial charge in [0, 0.05) is 5.56 Å². The molecular weight excluding hydrogens is 337 g/mol. The molecule has 0 aliphatic carbocycles. The Morgan fingerprint density at radius 2 is 1.83 bits per heavy atom. The number of ketones is 1. The van der Waals surface area contributed by atoms with Crippen molar-refractivity contribution >= 4 is 34.9 Å². The van der Waals surface area contributed by atoms with Crippen molar-refractivity contribution in [1.82, 2.24) is 0 Å². The minimum Gasteiger partial charge on any atom is -0.452 e. The van der Waals surface area contributed by atoms with Crippen molar-refractivity contribution in [2.45, 2.75) is 6.92 Å². The molecule has 24 heavy (non-hydrogen) atoms. The van der Waals surface area contributed by atoms with Gasteiger partial charge in [0.05, 0.1) is 16.3 Å². The molecule has 0 radical (unpaired) electrons. The SMILES string of the molecule is CC(=O)c1cccc(C(=O)OCC(=O)Nc2cc(F)ccc2Cl)c1. The van der Waals surface area contributed by atoms with Gasteiger partial charge in [0.15, 0.2) is 12.4 Å². The van der Waals surface area contributed by atoms with Gasteiger partial charge in [-0.1, -0.05) is 23.7 Å². The third kappa shape index (κ3) is 4.63. The van der Waals surface area contributed by atoms with Crippen molar-refractivity contribution in [3.05, 3.63) is 64.4 Å². The Bertz CT molecular complexity index is 807. The summed E-state index contributed by atoms with van der Waals surface area (Å²) in [6, 6.07) is 9.46. The molecule has 1 amide bonds. The van der Waals surface area contributed by atoms with Gasteiger partial charge in [-0.3, -0.25) is 9.59 Å². The van der Waals surface area contributed by atoms with Gasteiger partial charge < -0.3 is 10.1 Å². The lowest BCUT2D eigenvalue weighted by Crippen LogP contribution is -2.21. The van der Waals surface area contributed by atoms with Gasteiger partial charge in [-0.25, -0.2) is 9.18 Å². The van der Waals surface area contributed by atoms with Crippen molar-refractivity contribution in [1.29, 1.82) is 0 Å². The quantitative estimate of drug-likeness (QED) is 0.662. The molecule has 0 bridgehead atoms. The van der Waals surface area contributed by atoms with E-state index in [1.807, 2.05) is 0 Å². The number of amides is 1. The fourth-order valence-corrected chi connectivity index (χ4v) is 2.02. The van der Waals surface area contributed by atoms with E-state index in [1.54, 1.807) is 12.1 Å². The van der Waals surface area contributed by atoms with Gasteiger partial charge in [-0.2, -0.15) is 0 Å². The molecule has 2 aromatic carbocycles. The number of carbonyl (C=O) groups excluding carboxylic acids is 3. The van der Waals surface area contributed by atoms with Crippen LogP contribution in [0.3, 0.4) is 0 Å². The number of nitrogens with one attached hydrogen (secondary N) is 1. The van der Waals surface area contributed by atoms with E-state index in [4.69, 9.17) is 16.3 Å². The van der Waals surface area contributed by atoms with Crippen LogP contribution in [-0.2, 0) is 9.53 Å². The predicted octanol–water partition coefficient (Wildman–Crippen LogP) is 3.48. The Hall–Kier alpha value is -2.73. The van der Waals surface area contributed by atoms with Gasteiger partial charge in [0.1, 0.15) is 5.82 Å². The molecule has 7 heteroatoms. The maximum Gasteiger partial charge on any atom is 0.338 e. The van der Waals surface area contributed by atoms with E-state index in [9.17, 15) is 18.8 Å².